The SMILES string of the molecule is CC(C)(CNC1CCCCC1C1CCCCN1)S(C)(=O)=O. The molecule has 1 aliphatic carbocycles. The first-order valence-electron chi connectivity index (χ1n) is 8.48. The highest BCUT2D eigenvalue weighted by molar-refractivity contribution is 7.92. The van der Waals surface area contributed by atoms with Gasteiger partial charge < -0.3 is 10.6 Å². The molecular formula is C16H32N2O2S. The van der Waals surface area contributed by atoms with E-state index in [2.05, 4.69) is 10.6 Å². The molecule has 0 aromatic heterocycles. The molecule has 3 unspecified atom stereocenters. The second-order valence-electron chi connectivity index (χ2n) is 7.52. The van der Waals surface area contributed by atoms with E-state index in [1.165, 1.54) is 51.2 Å². The van der Waals surface area contributed by atoms with Gasteiger partial charge in [-0.25, -0.2) is 8.42 Å². The molecule has 1 heterocycles. The lowest BCUT2D eigenvalue weighted by Gasteiger charge is -2.41. The Hall–Kier alpha value is -0.130. The first-order chi connectivity index (χ1) is 9.81. The first kappa shape index (κ1) is 17.2. The largest absolute Gasteiger partial charge is 0.314 e. The van der Waals surface area contributed by atoms with E-state index in [1.807, 2.05) is 13.8 Å². The lowest BCUT2D eigenvalue weighted by atomic mass is 9.77. The number of piperidine rings is 1. The van der Waals surface area contributed by atoms with E-state index in [4.69, 9.17) is 0 Å². The summed E-state index contributed by atoms with van der Waals surface area (Å²) in [6, 6.07) is 1.09. The Morgan fingerprint density at radius 3 is 2.38 bits per heavy atom. The molecule has 0 bridgehead atoms. The minimum atomic E-state index is -3.02. The van der Waals surface area contributed by atoms with Crippen molar-refractivity contribution in [2.45, 2.75) is 75.6 Å². The van der Waals surface area contributed by atoms with Gasteiger partial charge in [-0.05, 0) is 52.0 Å². The average molecular weight is 317 g/mol. The summed E-state index contributed by atoms with van der Waals surface area (Å²) in [4.78, 5) is 0. The molecular weight excluding hydrogens is 284 g/mol. The number of nitrogens with one attached hydrogen (secondary N) is 2. The maximum Gasteiger partial charge on any atom is 0.153 e. The van der Waals surface area contributed by atoms with Gasteiger partial charge in [0.15, 0.2) is 9.84 Å². The van der Waals surface area contributed by atoms with Gasteiger partial charge in [-0.2, -0.15) is 0 Å². The smallest absolute Gasteiger partial charge is 0.153 e. The van der Waals surface area contributed by atoms with Crippen molar-refractivity contribution in [3.8, 4) is 0 Å². The molecule has 2 fully saturated rings. The molecule has 124 valence electrons. The van der Waals surface area contributed by atoms with Crippen LogP contribution in [0.4, 0.5) is 0 Å². The molecule has 1 aliphatic heterocycles. The number of hydrogen-bond acceptors (Lipinski definition) is 4. The van der Waals surface area contributed by atoms with E-state index in [9.17, 15) is 8.42 Å². The molecule has 2 rings (SSSR count). The topological polar surface area (TPSA) is 58.2 Å². The Balaban J connectivity index is 1.96. The quantitative estimate of drug-likeness (QED) is 0.815. The van der Waals surface area contributed by atoms with Crippen molar-refractivity contribution >= 4 is 9.84 Å². The summed E-state index contributed by atoms with van der Waals surface area (Å²) in [5.74, 6) is 0.661. The van der Waals surface area contributed by atoms with Gasteiger partial charge in [0.05, 0.1) is 4.75 Å². The van der Waals surface area contributed by atoms with Crippen LogP contribution in [-0.2, 0) is 9.84 Å². The molecule has 0 aromatic rings. The summed E-state index contributed by atoms with van der Waals surface area (Å²) in [5, 5.41) is 7.28. The molecule has 5 heteroatoms. The summed E-state index contributed by atoms with van der Waals surface area (Å²) in [7, 11) is -3.02. The van der Waals surface area contributed by atoms with Crippen molar-refractivity contribution in [3.05, 3.63) is 0 Å². The highest BCUT2D eigenvalue weighted by Crippen LogP contribution is 2.31. The third-order valence-corrected chi connectivity index (χ3v) is 7.63. The van der Waals surface area contributed by atoms with Crippen LogP contribution in [0.25, 0.3) is 0 Å². The predicted molar refractivity (Wildman–Crippen MR) is 88.3 cm³/mol. The molecule has 3 atom stereocenters. The van der Waals surface area contributed by atoms with Crippen molar-refractivity contribution in [2.75, 3.05) is 19.3 Å². The van der Waals surface area contributed by atoms with Gasteiger partial charge in [-0.1, -0.05) is 19.3 Å². The Bertz CT molecular complexity index is 428. The van der Waals surface area contributed by atoms with E-state index in [1.54, 1.807) is 0 Å². The fourth-order valence-electron chi connectivity index (χ4n) is 3.65. The number of sulfone groups is 1. The van der Waals surface area contributed by atoms with Gasteiger partial charge in [0.1, 0.15) is 0 Å². The van der Waals surface area contributed by atoms with Crippen LogP contribution in [0, 0.1) is 5.92 Å². The highest BCUT2D eigenvalue weighted by Gasteiger charge is 2.35. The molecule has 0 spiro atoms. The van der Waals surface area contributed by atoms with E-state index in [0.717, 1.165) is 6.54 Å². The van der Waals surface area contributed by atoms with Crippen LogP contribution in [0.5, 0.6) is 0 Å². The summed E-state index contributed by atoms with van der Waals surface area (Å²) in [6.07, 6.45) is 10.3. The van der Waals surface area contributed by atoms with Crippen molar-refractivity contribution in [1.29, 1.82) is 0 Å². The Labute approximate surface area is 130 Å². The molecule has 0 aromatic carbocycles. The van der Waals surface area contributed by atoms with Crippen molar-refractivity contribution in [3.63, 3.8) is 0 Å². The summed E-state index contributed by atoms with van der Waals surface area (Å²) in [5.41, 5.74) is 0. The maximum absolute atomic E-state index is 11.9. The van der Waals surface area contributed by atoms with Gasteiger partial charge in [0, 0.05) is 24.9 Å². The second-order valence-corrected chi connectivity index (χ2v) is 10.2. The zero-order valence-electron chi connectivity index (χ0n) is 13.8. The second kappa shape index (κ2) is 6.97. The van der Waals surface area contributed by atoms with E-state index in [-0.39, 0.29) is 0 Å². The number of rotatable bonds is 5. The minimum Gasteiger partial charge on any atom is -0.314 e. The standard InChI is InChI=1S/C16H32N2O2S/c1-16(2,21(3,19)20)12-18-15-9-5-4-8-13(15)14-10-6-7-11-17-14/h13-15,17-18H,4-12H2,1-3H3. The molecule has 1 saturated carbocycles. The van der Waals surface area contributed by atoms with Crippen molar-refractivity contribution < 1.29 is 8.42 Å². The molecule has 0 radical (unpaired) electrons. The maximum atomic E-state index is 11.9. The van der Waals surface area contributed by atoms with Gasteiger partial charge in [-0.3, -0.25) is 0 Å². The monoisotopic (exact) mass is 316 g/mol. The van der Waals surface area contributed by atoms with Crippen molar-refractivity contribution in [2.24, 2.45) is 5.92 Å². The fraction of sp³-hybridized carbons (Fsp3) is 1.00. The average Bonchev–Trinajstić information content (AvgIpc) is 2.45. The van der Waals surface area contributed by atoms with Crippen LogP contribution in [0.3, 0.4) is 0 Å². The predicted octanol–water partition coefficient (Wildman–Crippen LogP) is 2.10. The normalized spacial score (nSPS) is 32.0. The summed E-state index contributed by atoms with van der Waals surface area (Å²) < 4.78 is 23.0. The molecule has 0 amide bonds. The highest BCUT2D eigenvalue weighted by atomic mass is 32.2. The van der Waals surface area contributed by atoms with Crippen LogP contribution < -0.4 is 10.6 Å². The Morgan fingerprint density at radius 1 is 1.10 bits per heavy atom. The minimum absolute atomic E-state index is 0.468. The van der Waals surface area contributed by atoms with Crippen molar-refractivity contribution in [1.82, 2.24) is 10.6 Å². The van der Waals surface area contributed by atoms with Gasteiger partial charge >= 0.3 is 0 Å². The molecule has 2 N–H and O–H groups in total. The third kappa shape index (κ3) is 4.42. The van der Waals surface area contributed by atoms with E-state index in [0.29, 0.717) is 24.5 Å². The number of hydrogen-bond donors (Lipinski definition) is 2. The fourth-order valence-corrected chi connectivity index (χ4v) is 3.99. The van der Waals surface area contributed by atoms with Crippen LogP contribution in [-0.4, -0.2) is 44.6 Å². The lowest BCUT2D eigenvalue weighted by molar-refractivity contribution is 0.180. The Kier molecular flexibility index (Phi) is 5.71. The Morgan fingerprint density at radius 2 is 1.76 bits per heavy atom. The van der Waals surface area contributed by atoms with E-state index >= 15 is 0 Å². The van der Waals surface area contributed by atoms with Crippen LogP contribution in [0.1, 0.15) is 58.8 Å². The molecule has 4 nitrogen and oxygen atoms in total. The summed E-state index contributed by atoms with van der Waals surface area (Å²) >= 11 is 0. The zero-order chi connectivity index (χ0) is 15.5. The first-order valence-corrected chi connectivity index (χ1v) is 10.4. The molecule has 2 aliphatic rings. The molecule has 21 heavy (non-hydrogen) atoms. The molecule has 1 saturated heterocycles. The zero-order valence-corrected chi connectivity index (χ0v) is 14.6. The van der Waals surface area contributed by atoms with Crippen LogP contribution in [0.2, 0.25) is 0 Å². The third-order valence-electron chi connectivity index (χ3n) is 5.48. The van der Waals surface area contributed by atoms with Gasteiger partial charge in [0.25, 0.3) is 0 Å². The lowest BCUT2D eigenvalue weighted by Crippen LogP contribution is -2.53. The van der Waals surface area contributed by atoms with E-state index < -0.39 is 14.6 Å². The van der Waals surface area contributed by atoms with Gasteiger partial charge in [-0.15, -0.1) is 0 Å². The van der Waals surface area contributed by atoms with Crippen LogP contribution in [0.15, 0.2) is 0 Å². The summed E-state index contributed by atoms with van der Waals surface area (Å²) in [6.45, 7) is 5.35. The van der Waals surface area contributed by atoms with Crippen LogP contribution >= 0.6 is 0 Å². The van der Waals surface area contributed by atoms with Gasteiger partial charge in [0.2, 0.25) is 0 Å².